The van der Waals surface area contributed by atoms with Gasteiger partial charge in [0.15, 0.2) is 0 Å². The summed E-state index contributed by atoms with van der Waals surface area (Å²) in [4.78, 5) is 0. The van der Waals surface area contributed by atoms with Crippen LogP contribution in [0.5, 0.6) is 0 Å². The Morgan fingerprint density at radius 3 is 2.69 bits per heavy atom. The summed E-state index contributed by atoms with van der Waals surface area (Å²) < 4.78 is 0. The van der Waals surface area contributed by atoms with E-state index in [9.17, 15) is 0 Å². The molecule has 0 fully saturated rings. The summed E-state index contributed by atoms with van der Waals surface area (Å²) in [6.45, 7) is 2.18. The van der Waals surface area contributed by atoms with Crippen LogP contribution in [0.3, 0.4) is 0 Å². The van der Waals surface area contributed by atoms with Crippen LogP contribution < -0.4 is 5.73 Å². The van der Waals surface area contributed by atoms with Crippen LogP contribution in [-0.2, 0) is 6.42 Å². The van der Waals surface area contributed by atoms with Crippen molar-refractivity contribution < 1.29 is 0 Å². The van der Waals surface area contributed by atoms with E-state index < -0.39 is 0 Å². The van der Waals surface area contributed by atoms with Gasteiger partial charge in [0.25, 0.3) is 0 Å². The number of hydrogen-bond acceptors (Lipinski definition) is 1. The molecule has 0 saturated heterocycles. The van der Waals surface area contributed by atoms with Crippen molar-refractivity contribution in [2.45, 2.75) is 45.1 Å². The molecule has 0 unspecified atom stereocenters. The second kappa shape index (κ2) is 7.96. The molecule has 1 atom stereocenters. The zero-order valence-corrected chi connectivity index (χ0v) is 10.1. The Hall–Kier alpha value is -1.26. The lowest BCUT2D eigenvalue weighted by atomic mass is 10.1. The number of hydrogen-bond donors (Lipinski definition) is 1. The average Bonchev–Trinajstić information content (AvgIpc) is 2.33. The van der Waals surface area contributed by atoms with Gasteiger partial charge in [-0.15, -0.1) is 5.92 Å². The minimum Gasteiger partial charge on any atom is -0.318 e. The fourth-order valence-electron chi connectivity index (χ4n) is 1.51. The molecular weight excluding hydrogens is 194 g/mol. The van der Waals surface area contributed by atoms with Crippen LogP contribution in [0.4, 0.5) is 0 Å². The van der Waals surface area contributed by atoms with Crippen molar-refractivity contribution in [2.24, 2.45) is 5.73 Å². The van der Waals surface area contributed by atoms with E-state index in [1.807, 2.05) is 6.07 Å². The molecule has 0 aliphatic heterocycles. The van der Waals surface area contributed by atoms with Crippen molar-refractivity contribution >= 4 is 0 Å². The van der Waals surface area contributed by atoms with Crippen molar-refractivity contribution in [1.82, 2.24) is 0 Å². The van der Waals surface area contributed by atoms with E-state index in [-0.39, 0.29) is 6.04 Å². The zero-order valence-electron chi connectivity index (χ0n) is 10.1. The number of unbranched alkanes of at least 4 members (excludes halogenated alkanes) is 2. The molecule has 0 aliphatic carbocycles. The van der Waals surface area contributed by atoms with Crippen molar-refractivity contribution in [2.75, 3.05) is 0 Å². The molecule has 1 heteroatoms. The first-order valence-corrected chi connectivity index (χ1v) is 6.11. The van der Waals surface area contributed by atoms with Gasteiger partial charge in [-0.2, -0.15) is 0 Å². The van der Waals surface area contributed by atoms with E-state index in [2.05, 4.69) is 43.0 Å². The third-order valence-corrected chi connectivity index (χ3v) is 2.53. The molecule has 0 spiro atoms. The Labute approximate surface area is 99.1 Å². The number of nitrogens with two attached hydrogens (primary N) is 1. The van der Waals surface area contributed by atoms with Gasteiger partial charge in [-0.05, 0) is 24.8 Å². The monoisotopic (exact) mass is 215 g/mol. The van der Waals surface area contributed by atoms with Crippen LogP contribution in [0, 0.1) is 11.8 Å². The van der Waals surface area contributed by atoms with Crippen LogP contribution in [0.2, 0.25) is 0 Å². The highest BCUT2D eigenvalue weighted by Gasteiger charge is 1.98. The molecule has 1 rings (SSSR count). The van der Waals surface area contributed by atoms with E-state index >= 15 is 0 Å². The first-order chi connectivity index (χ1) is 7.83. The first-order valence-electron chi connectivity index (χ1n) is 6.11. The van der Waals surface area contributed by atoms with E-state index in [4.69, 9.17) is 5.73 Å². The SMILES string of the molecule is CCCCC#C[C@@H](N)CCc1ccccc1. The molecule has 0 bridgehead atoms. The molecule has 0 aromatic heterocycles. The molecule has 0 saturated carbocycles. The minimum absolute atomic E-state index is 0.0251. The maximum Gasteiger partial charge on any atom is 0.0667 e. The molecule has 0 amide bonds. The smallest absolute Gasteiger partial charge is 0.0667 e. The molecule has 1 aromatic rings. The molecule has 1 aromatic carbocycles. The van der Waals surface area contributed by atoms with Gasteiger partial charge in [-0.25, -0.2) is 0 Å². The van der Waals surface area contributed by atoms with Gasteiger partial charge in [-0.1, -0.05) is 49.6 Å². The second-order valence-electron chi connectivity index (χ2n) is 4.06. The van der Waals surface area contributed by atoms with Gasteiger partial charge < -0.3 is 5.73 Å². The maximum atomic E-state index is 5.93. The normalized spacial score (nSPS) is 11.6. The highest BCUT2D eigenvalue weighted by molar-refractivity contribution is 5.16. The summed E-state index contributed by atoms with van der Waals surface area (Å²) in [5.74, 6) is 6.26. The maximum absolute atomic E-state index is 5.93. The number of aryl methyl sites for hydroxylation is 1. The molecule has 1 nitrogen and oxygen atoms in total. The molecule has 0 heterocycles. The van der Waals surface area contributed by atoms with Gasteiger partial charge in [-0.3, -0.25) is 0 Å². The Kier molecular flexibility index (Phi) is 6.37. The van der Waals surface area contributed by atoms with Gasteiger partial charge in [0, 0.05) is 6.42 Å². The van der Waals surface area contributed by atoms with E-state index in [0.717, 1.165) is 19.3 Å². The summed E-state index contributed by atoms with van der Waals surface area (Å²) in [6, 6.07) is 10.5. The predicted octanol–water partition coefficient (Wildman–Crippen LogP) is 3.14. The quantitative estimate of drug-likeness (QED) is 0.592. The van der Waals surface area contributed by atoms with E-state index in [0.29, 0.717) is 0 Å². The fraction of sp³-hybridized carbons (Fsp3) is 0.467. The third kappa shape index (κ3) is 5.58. The largest absolute Gasteiger partial charge is 0.318 e. The lowest BCUT2D eigenvalue weighted by molar-refractivity contribution is 0.736. The van der Waals surface area contributed by atoms with Crippen LogP contribution in [0.25, 0.3) is 0 Å². The lowest BCUT2D eigenvalue weighted by Gasteiger charge is -2.03. The minimum atomic E-state index is 0.0251. The summed E-state index contributed by atoms with van der Waals surface area (Å²) in [7, 11) is 0. The van der Waals surface area contributed by atoms with Crippen LogP contribution in [0.15, 0.2) is 30.3 Å². The van der Waals surface area contributed by atoms with Crippen molar-refractivity contribution in [3.8, 4) is 11.8 Å². The molecular formula is C15H21N. The lowest BCUT2D eigenvalue weighted by Crippen LogP contribution is -2.18. The summed E-state index contributed by atoms with van der Waals surface area (Å²) >= 11 is 0. The summed E-state index contributed by atoms with van der Waals surface area (Å²) in [5, 5.41) is 0. The van der Waals surface area contributed by atoms with Crippen molar-refractivity contribution in [3.63, 3.8) is 0 Å². The molecule has 86 valence electrons. The van der Waals surface area contributed by atoms with Crippen LogP contribution in [-0.4, -0.2) is 6.04 Å². The Bertz CT molecular complexity index is 331. The number of rotatable bonds is 5. The topological polar surface area (TPSA) is 26.0 Å². The highest BCUT2D eigenvalue weighted by Crippen LogP contribution is 2.03. The van der Waals surface area contributed by atoms with Crippen molar-refractivity contribution in [1.29, 1.82) is 0 Å². The Morgan fingerprint density at radius 2 is 2.00 bits per heavy atom. The number of benzene rings is 1. The predicted molar refractivity (Wildman–Crippen MR) is 70.0 cm³/mol. The highest BCUT2D eigenvalue weighted by atomic mass is 14.6. The fourth-order valence-corrected chi connectivity index (χ4v) is 1.51. The molecule has 16 heavy (non-hydrogen) atoms. The second-order valence-corrected chi connectivity index (χ2v) is 4.06. The molecule has 0 aliphatic rings. The van der Waals surface area contributed by atoms with Gasteiger partial charge >= 0.3 is 0 Å². The first kappa shape index (κ1) is 12.8. The standard InChI is InChI=1S/C15H21N/c1-2-3-4-8-11-15(16)13-12-14-9-6-5-7-10-14/h5-7,9-10,15H,2-4,12-13,16H2,1H3/t15-/m1/s1. The summed E-state index contributed by atoms with van der Waals surface area (Å²) in [6.07, 6.45) is 5.33. The van der Waals surface area contributed by atoms with Crippen molar-refractivity contribution in [3.05, 3.63) is 35.9 Å². The Balaban J connectivity index is 2.24. The van der Waals surface area contributed by atoms with Gasteiger partial charge in [0.1, 0.15) is 0 Å². The van der Waals surface area contributed by atoms with E-state index in [1.165, 1.54) is 18.4 Å². The van der Waals surface area contributed by atoms with E-state index in [1.54, 1.807) is 0 Å². The van der Waals surface area contributed by atoms with Crippen LogP contribution in [0.1, 0.15) is 38.2 Å². The van der Waals surface area contributed by atoms with Crippen LogP contribution >= 0.6 is 0 Å². The zero-order chi connectivity index (χ0) is 11.6. The van der Waals surface area contributed by atoms with Gasteiger partial charge in [0.05, 0.1) is 6.04 Å². The van der Waals surface area contributed by atoms with Gasteiger partial charge in [0.2, 0.25) is 0 Å². The third-order valence-electron chi connectivity index (χ3n) is 2.53. The Morgan fingerprint density at radius 1 is 1.25 bits per heavy atom. The molecule has 2 N–H and O–H groups in total. The average molecular weight is 215 g/mol. The molecule has 0 radical (unpaired) electrons. The summed E-state index contributed by atoms with van der Waals surface area (Å²) in [5.41, 5.74) is 7.27.